The first-order valence-electron chi connectivity index (χ1n) is 7.58. The molecule has 4 N–H and O–H groups in total. The Bertz CT molecular complexity index is 710. The largest absolute Gasteiger partial charge is 0.393 e. The van der Waals surface area contributed by atoms with Gasteiger partial charge in [0.1, 0.15) is 5.69 Å². The minimum absolute atomic E-state index is 0.214. The first kappa shape index (κ1) is 14.9. The molecule has 0 bridgehead atoms. The van der Waals surface area contributed by atoms with Gasteiger partial charge in [0.15, 0.2) is 5.82 Å². The lowest BCUT2D eigenvalue weighted by Gasteiger charge is -2.18. The third-order valence-electron chi connectivity index (χ3n) is 4.11. The van der Waals surface area contributed by atoms with Crippen molar-refractivity contribution in [2.45, 2.75) is 31.4 Å². The number of nitrogens with zero attached hydrogens (tertiary/aromatic N) is 3. The van der Waals surface area contributed by atoms with Crippen LogP contribution in [0.25, 0.3) is 0 Å². The van der Waals surface area contributed by atoms with Crippen LogP contribution in [0.1, 0.15) is 19.3 Å². The summed E-state index contributed by atoms with van der Waals surface area (Å²) in [4.78, 5) is 8.96. The van der Waals surface area contributed by atoms with Gasteiger partial charge in [0.05, 0.1) is 18.0 Å². The first-order valence-corrected chi connectivity index (χ1v) is 8.66. The Morgan fingerprint density at radius 3 is 2.83 bits per heavy atom. The number of hydrogen-bond donors (Lipinski definition) is 4. The van der Waals surface area contributed by atoms with Crippen molar-refractivity contribution in [3.8, 4) is 0 Å². The molecule has 1 fully saturated rings. The van der Waals surface area contributed by atoms with E-state index in [9.17, 15) is 5.11 Å². The molecule has 1 aromatic carbocycles. The lowest BCUT2D eigenvalue weighted by Crippen LogP contribution is -2.31. The highest BCUT2D eigenvalue weighted by atomic mass is 127. The summed E-state index contributed by atoms with van der Waals surface area (Å²) in [5.74, 6) is 1.37. The van der Waals surface area contributed by atoms with Gasteiger partial charge in [-0.05, 0) is 66.1 Å². The van der Waals surface area contributed by atoms with Crippen molar-refractivity contribution in [2.24, 2.45) is 0 Å². The van der Waals surface area contributed by atoms with Crippen molar-refractivity contribution in [1.29, 1.82) is 0 Å². The molecule has 4 rings (SSSR count). The van der Waals surface area contributed by atoms with Crippen molar-refractivity contribution in [3.05, 3.63) is 34.0 Å². The molecule has 2 aromatic rings. The molecule has 1 aliphatic carbocycles. The fourth-order valence-corrected chi connectivity index (χ4v) is 3.28. The van der Waals surface area contributed by atoms with Crippen LogP contribution in [0.4, 0.5) is 23.1 Å². The number of benzene rings is 1. The highest BCUT2D eigenvalue weighted by Gasteiger charge is 2.26. The topological polar surface area (TPSA) is 85.3 Å². The van der Waals surface area contributed by atoms with E-state index in [-0.39, 0.29) is 12.1 Å². The highest BCUT2D eigenvalue weighted by Crippen LogP contribution is 2.33. The number of hydrazine groups is 2. The number of nitrogens with one attached hydrogen (secondary N) is 3. The lowest BCUT2D eigenvalue weighted by molar-refractivity contribution is 0.182. The fourth-order valence-electron chi connectivity index (χ4n) is 2.92. The number of aromatic nitrogens is 2. The van der Waals surface area contributed by atoms with E-state index in [0.717, 1.165) is 36.5 Å². The summed E-state index contributed by atoms with van der Waals surface area (Å²) in [7, 11) is 0. The van der Waals surface area contributed by atoms with Gasteiger partial charge in [-0.2, -0.15) is 4.98 Å². The van der Waals surface area contributed by atoms with Gasteiger partial charge in [-0.25, -0.2) is 9.99 Å². The molecule has 2 atom stereocenters. The standard InChI is InChI=1S/C15H17IN6O/c16-9-1-4-11(5-2-9)22-14-13(20-21-22)8-17-15(19-14)18-10-3-6-12(23)7-10/h1-2,4-5,8,10,12,20-21,23H,3,6-7H2,(H,17,18,19)/t10-,12-/m1/s1. The van der Waals surface area contributed by atoms with E-state index in [1.54, 1.807) is 6.20 Å². The van der Waals surface area contributed by atoms with E-state index in [4.69, 9.17) is 0 Å². The van der Waals surface area contributed by atoms with Gasteiger partial charge < -0.3 is 10.4 Å². The second-order valence-electron chi connectivity index (χ2n) is 5.79. The molecule has 0 amide bonds. The third-order valence-corrected chi connectivity index (χ3v) is 4.82. The van der Waals surface area contributed by atoms with Gasteiger partial charge >= 0.3 is 0 Å². The molecule has 2 heterocycles. The van der Waals surface area contributed by atoms with Crippen LogP contribution in [0, 0.1) is 3.57 Å². The molecule has 8 heteroatoms. The summed E-state index contributed by atoms with van der Waals surface area (Å²) in [5.41, 5.74) is 8.00. The molecule has 1 aliphatic heterocycles. The molecule has 2 aliphatic rings. The Morgan fingerprint density at radius 2 is 2.09 bits per heavy atom. The Kier molecular flexibility index (Phi) is 3.95. The predicted octanol–water partition coefficient (Wildman–Crippen LogP) is 2.39. The second-order valence-corrected chi connectivity index (χ2v) is 7.03. The van der Waals surface area contributed by atoms with Gasteiger partial charge in [-0.3, -0.25) is 5.43 Å². The minimum Gasteiger partial charge on any atom is -0.393 e. The summed E-state index contributed by atoms with van der Waals surface area (Å²) in [6.07, 6.45) is 4.07. The van der Waals surface area contributed by atoms with Crippen LogP contribution in [0.2, 0.25) is 0 Å². The van der Waals surface area contributed by atoms with Crippen molar-refractivity contribution >= 4 is 45.7 Å². The Morgan fingerprint density at radius 1 is 1.26 bits per heavy atom. The van der Waals surface area contributed by atoms with Crippen LogP contribution >= 0.6 is 22.6 Å². The maximum atomic E-state index is 9.64. The van der Waals surface area contributed by atoms with Gasteiger partial charge in [-0.1, -0.05) is 0 Å². The maximum absolute atomic E-state index is 9.64. The number of anilines is 4. The highest BCUT2D eigenvalue weighted by molar-refractivity contribution is 14.1. The van der Waals surface area contributed by atoms with Gasteiger partial charge in [0, 0.05) is 9.61 Å². The molecule has 0 spiro atoms. The van der Waals surface area contributed by atoms with Crippen molar-refractivity contribution in [3.63, 3.8) is 0 Å². The summed E-state index contributed by atoms with van der Waals surface area (Å²) >= 11 is 2.28. The summed E-state index contributed by atoms with van der Waals surface area (Å²) < 4.78 is 1.18. The second kappa shape index (κ2) is 6.10. The monoisotopic (exact) mass is 424 g/mol. The zero-order valence-electron chi connectivity index (χ0n) is 12.3. The Balaban J connectivity index is 1.57. The number of aliphatic hydroxyl groups excluding tert-OH is 1. The zero-order chi connectivity index (χ0) is 15.8. The van der Waals surface area contributed by atoms with Gasteiger partial charge in [-0.15, -0.1) is 5.53 Å². The number of halogens is 1. The van der Waals surface area contributed by atoms with Crippen molar-refractivity contribution in [1.82, 2.24) is 15.5 Å². The van der Waals surface area contributed by atoms with E-state index in [2.05, 4.69) is 61.0 Å². The number of aliphatic hydroxyl groups is 1. The van der Waals surface area contributed by atoms with Crippen LogP contribution in [-0.4, -0.2) is 27.2 Å². The average molecular weight is 424 g/mol. The fraction of sp³-hybridized carbons (Fsp3) is 0.333. The van der Waals surface area contributed by atoms with Crippen LogP contribution in [0.5, 0.6) is 0 Å². The van der Waals surface area contributed by atoms with E-state index in [0.29, 0.717) is 5.95 Å². The SMILES string of the molecule is O[C@@H]1CC[C@@H](Nc2ncc3c(n2)N(c2ccc(I)cc2)NN3)C1. The number of fused-ring (bicyclic) bond motifs is 1. The molecular weight excluding hydrogens is 407 g/mol. The quantitative estimate of drug-likeness (QED) is 0.564. The smallest absolute Gasteiger partial charge is 0.225 e. The van der Waals surface area contributed by atoms with Gasteiger partial charge in [0.2, 0.25) is 5.95 Å². The molecule has 120 valence electrons. The van der Waals surface area contributed by atoms with E-state index < -0.39 is 0 Å². The molecule has 1 saturated carbocycles. The van der Waals surface area contributed by atoms with Crippen molar-refractivity contribution < 1.29 is 5.11 Å². The zero-order valence-corrected chi connectivity index (χ0v) is 14.5. The van der Waals surface area contributed by atoms with Crippen LogP contribution < -0.4 is 21.3 Å². The molecule has 0 radical (unpaired) electrons. The average Bonchev–Trinajstić information content (AvgIpc) is 3.14. The predicted molar refractivity (Wildman–Crippen MR) is 97.4 cm³/mol. The molecule has 0 unspecified atom stereocenters. The maximum Gasteiger partial charge on any atom is 0.225 e. The van der Waals surface area contributed by atoms with Gasteiger partial charge in [0.25, 0.3) is 0 Å². The third kappa shape index (κ3) is 3.06. The summed E-state index contributed by atoms with van der Waals surface area (Å²) in [6.45, 7) is 0. The normalized spacial score (nSPS) is 22.8. The van der Waals surface area contributed by atoms with Crippen LogP contribution in [0.15, 0.2) is 30.5 Å². The molecule has 23 heavy (non-hydrogen) atoms. The first-order chi connectivity index (χ1) is 11.2. The number of rotatable bonds is 3. The van der Waals surface area contributed by atoms with Crippen LogP contribution in [0.3, 0.4) is 0 Å². The minimum atomic E-state index is -0.214. The molecule has 7 nitrogen and oxygen atoms in total. The Hall–Kier alpha value is -1.65. The molecular formula is C15H17IN6O. The Labute approximate surface area is 147 Å². The van der Waals surface area contributed by atoms with E-state index >= 15 is 0 Å². The van der Waals surface area contributed by atoms with Crippen molar-refractivity contribution in [2.75, 3.05) is 15.8 Å². The summed E-state index contributed by atoms with van der Waals surface area (Å²) in [5, 5.41) is 14.8. The van der Waals surface area contributed by atoms with Crippen LogP contribution in [-0.2, 0) is 0 Å². The molecule has 0 saturated heterocycles. The van der Waals surface area contributed by atoms with E-state index in [1.807, 2.05) is 17.1 Å². The molecule has 1 aromatic heterocycles. The lowest BCUT2D eigenvalue weighted by atomic mass is 10.2. The van der Waals surface area contributed by atoms with E-state index in [1.165, 1.54) is 3.57 Å². The number of hydrogen-bond acceptors (Lipinski definition) is 7. The summed E-state index contributed by atoms with van der Waals surface area (Å²) in [6, 6.07) is 8.41.